The minimum atomic E-state index is 0.00731. The fraction of sp³-hybridized carbons (Fsp3) is 0.545. The van der Waals surface area contributed by atoms with Crippen molar-refractivity contribution in [1.29, 1.82) is 0 Å². The number of methoxy groups -OCH3 is 2. The fourth-order valence-corrected chi connectivity index (χ4v) is 4.20. The van der Waals surface area contributed by atoms with Gasteiger partial charge in [-0.15, -0.1) is 0 Å². The summed E-state index contributed by atoms with van der Waals surface area (Å²) in [5.74, 6) is 1.25. The molecule has 0 saturated carbocycles. The monoisotopic (exact) mass is 414 g/mol. The van der Waals surface area contributed by atoms with E-state index in [1.807, 2.05) is 4.90 Å². The molecule has 0 radical (unpaired) electrons. The van der Waals surface area contributed by atoms with E-state index in [0.29, 0.717) is 36.8 Å². The van der Waals surface area contributed by atoms with E-state index in [-0.39, 0.29) is 5.91 Å². The van der Waals surface area contributed by atoms with E-state index in [0.717, 1.165) is 44.9 Å². The van der Waals surface area contributed by atoms with Crippen molar-refractivity contribution < 1.29 is 19.0 Å². The van der Waals surface area contributed by atoms with Crippen LogP contribution < -0.4 is 9.47 Å². The molecular formula is C22H30N4O4. The van der Waals surface area contributed by atoms with Gasteiger partial charge in [-0.3, -0.25) is 14.4 Å². The number of nitrogens with zero attached hydrogens (tertiary/aromatic N) is 4. The number of benzene rings is 1. The lowest BCUT2D eigenvalue weighted by Gasteiger charge is -2.34. The molecule has 0 bridgehead atoms. The molecule has 30 heavy (non-hydrogen) atoms. The van der Waals surface area contributed by atoms with Gasteiger partial charge in [-0.1, -0.05) is 0 Å². The lowest BCUT2D eigenvalue weighted by atomic mass is 10.1. The van der Waals surface area contributed by atoms with E-state index in [2.05, 4.69) is 16.5 Å². The fourth-order valence-electron chi connectivity index (χ4n) is 4.20. The molecule has 1 aromatic heterocycles. The molecule has 1 aromatic carbocycles. The van der Waals surface area contributed by atoms with Gasteiger partial charge in [0.05, 0.1) is 33.1 Å². The Hall–Kier alpha value is -2.58. The topological polar surface area (TPSA) is 69.1 Å². The van der Waals surface area contributed by atoms with Crippen LogP contribution in [0.25, 0.3) is 0 Å². The Morgan fingerprint density at radius 2 is 1.80 bits per heavy atom. The number of fused-ring (bicyclic) bond motifs is 1. The first kappa shape index (κ1) is 20.7. The van der Waals surface area contributed by atoms with Gasteiger partial charge in [-0.2, -0.15) is 5.10 Å². The molecule has 4 rings (SSSR count). The summed E-state index contributed by atoms with van der Waals surface area (Å²) < 4.78 is 18.4. The molecule has 8 heteroatoms. The van der Waals surface area contributed by atoms with Crippen LogP contribution >= 0.6 is 0 Å². The van der Waals surface area contributed by atoms with Gasteiger partial charge in [0.1, 0.15) is 11.5 Å². The van der Waals surface area contributed by atoms with Crippen LogP contribution in [0.1, 0.15) is 34.2 Å². The maximum absolute atomic E-state index is 13.0. The number of rotatable bonds is 6. The molecule has 0 spiro atoms. The quantitative estimate of drug-likeness (QED) is 0.720. The molecule has 162 valence electrons. The predicted octanol–water partition coefficient (Wildman–Crippen LogP) is 1.95. The molecular weight excluding hydrogens is 384 g/mol. The van der Waals surface area contributed by atoms with E-state index >= 15 is 0 Å². The van der Waals surface area contributed by atoms with Crippen LogP contribution in [0.15, 0.2) is 18.2 Å². The van der Waals surface area contributed by atoms with Gasteiger partial charge in [0.25, 0.3) is 5.91 Å². The number of amides is 1. The van der Waals surface area contributed by atoms with Gasteiger partial charge in [0, 0.05) is 68.6 Å². The molecule has 0 atom stereocenters. The first-order valence-electron chi connectivity index (χ1n) is 10.5. The summed E-state index contributed by atoms with van der Waals surface area (Å²) in [6.07, 6.45) is 0.933. The van der Waals surface area contributed by atoms with E-state index in [4.69, 9.17) is 19.3 Å². The Morgan fingerprint density at radius 3 is 2.43 bits per heavy atom. The van der Waals surface area contributed by atoms with E-state index in [1.165, 1.54) is 11.3 Å². The summed E-state index contributed by atoms with van der Waals surface area (Å²) >= 11 is 0. The second-order valence-corrected chi connectivity index (χ2v) is 7.66. The Kier molecular flexibility index (Phi) is 6.24. The summed E-state index contributed by atoms with van der Waals surface area (Å²) in [4.78, 5) is 17.3. The SMILES string of the molecule is CCn1nc(CN2CCN(C(=O)c3cc(OC)cc(OC)c3)CC2)c2c1CCOC2. The lowest BCUT2D eigenvalue weighted by molar-refractivity contribution is 0.0624. The number of piperazine rings is 1. The van der Waals surface area contributed by atoms with E-state index in [9.17, 15) is 4.79 Å². The Labute approximate surface area is 177 Å². The molecule has 2 aliphatic heterocycles. The molecule has 1 amide bonds. The van der Waals surface area contributed by atoms with Crippen molar-refractivity contribution in [2.24, 2.45) is 0 Å². The summed E-state index contributed by atoms with van der Waals surface area (Å²) in [5, 5.41) is 4.83. The summed E-state index contributed by atoms with van der Waals surface area (Å²) in [6.45, 7) is 8.25. The van der Waals surface area contributed by atoms with Crippen molar-refractivity contribution in [3.8, 4) is 11.5 Å². The van der Waals surface area contributed by atoms with Crippen LogP contribution in [0.3, 0.4) is 0 Å². The van der Waals surface area contributed by atoms with Crippen molar-refractivity contribution in [2.75, 3.05) is 47.0 Å². The minimum absolute atomic E-state index is 0.00731. The number of carbonyl (C=O) groups is 1. The van der Waals surface area contributed by atoms with Gasteiger partial charge in [0.15, 0.2) is 0 Å². The highest BCUT2D eigenvalue weighted by atomic mass is 16.5. The highest BCUT2D eigenvalue weighted by molar-refractivity contribution is 5.95. The zero-order valence-corrected chi connectivity index (χ0v) is 18.0. The van der Waals surface area contributed by atoms with Crippen molar-refractivity contribution in [1.82, 2.24) is 19.6 Å². The third-order valence-electron chi connectivity index (χ3n) is 5.91. The predicted molar refractivity (Wildman–Crippen MR) is 112 cm³/mol. The number of carbonyl (C=O) groups excluding carboxylic acids is 1. The highest BCUT2D eigenvalue weighted by Gasteiger charge is 2.26. The minimum Gasteiger partial charge on any atom is -0.497 e. The largest absolute Gasteiger partial charge is 0.497 e. The van der Waals surface area contributed by atoms with E-state index in [1.54, 1.807) is 32.4 Å². The van der Waals surface area contributed by atoms with Gasteiger partial charge in [-0.25, -0.2) is 0 Å². The highest BCUT2D eigenvalue weighted by Crippen LogP contribution is 2.25. The second-order valence-electron chi connectivity index (χ2n) is 7.66. The first-order valence-corrected chi connectivity index (χ1v) is 10.5. The number of aromatic nitrogens is 2. The normalized spacial score (nSPS) is 17.0. The van der Waals surface area contributed by atoms with Gasteiger partial charge in [0.2, 0.25) is 0 Å². The Morgan fingerprint density at radius 1 is 1.10 bits per heavy atom. The summed E-state index contributed by atoms with van der Waals surface area (Å²) in [7, 11) is 3.18. The summed E-state index contributed by atoms with van der Waals surface area (Å²) in [6, 6.07) is 5.30. The lowest BCUT2D eigenvalue weighted by Crippen LogP contribution is -2.48. The average Bonchev–Trinajstić information content (AvgIpc) is 3.16. The van der Waals surface area contributed by atoms with Gasteiger partial charge in [-0.05, 0) is 19.1 Å². The molecule has 0 unspecified atom stereocenters. The first-order chi connectivity index (χ1) is 14.6. The van der Waals surface area contributed by atoms with Gasteiger partial charge >= 0.3 is 0 Å². The maximum Gasteiger partial charge on any atom is 0.254 e. The van der Waals surface area contributed by atoms with Crippen molar-refractivity contribution in [3.05, 3.63) is 40.7 Å². The number of aryl methyl sites for hydroxylation is 1. The third-order valence-corrected chi connectivity index (χ3v) is 5.91. The molecule has 0 N–H and O–H groups in total. The third kappa shape index (κ3) is 4.15. The molecule has 2 aliphatic rings. The Bertz CT molecular complexity index is 881. The van der Waals surface area contributed by atoms with Crippen LogP contribution in [0.5, 0.6) is 11.5 Å². The molecule has 2 aromatic rings. The molecule has 1 saturated heterocycles. The number of ether oxygens (including phenoxy) is 3. The zero-order chi connectivity index (χ0) is 21.1. The van der Waals surface area contributed by atoms with Crippen LogP contribution in [0.2, 0.25) is 0 Å². The zero-order valence-electron chi connectivity index (χ0n) is 18.0. The molecule has 0 aliphatic carbocycles. The molecule has 1 fully saturated rings. The van der Waals surface area contributed by atoms with Crippen LogP contribution in [-0.2, 0) is 30.9 Å². The van der Waals surface area contributed by atoms with Crippen molar-refractivity contribution in [2.45, 2.75) is 33.0 Å². The molecule has 8 nitrogen and oxygen atoms in total. The average molecular weight is 415 g/mol. The maximum atomic E-state index is 13.0. The van der Waals surface area contributed by atoms with E-state index < -0.39 is 0 Å². The Balaban J connectivity index is 1.40. The van der Waals surface area contributed by atoms with Crippen LogP contribution in [0, 0.1) is 0 Å². The number of hydrogen-bond donors (Lipinski definition) is 0. The van der Waals surface area contributed by atoms with Crippen LogP contribution in [-0.4, -0.2) is 72.5 Å². The van der Waals surface area contributed by atoms with Crippen LogP contribution in [0.4, 0.5) is 0 Å². The van der Waals surface area contributed by atoms with Crippen molar-refractivity contribution in [3.63, 3.8) is 0 Å². The standard InChI is InChI=1S/C22H30N4O4/c1-4-26-21-5-10-30-15-19(21)20(23-26)14-24-6-8-25(9-7-24)22(27)16-11-17(28-2)13-18(12-16)29-3/h11-13H,4-10,14-15H2,1-3H3. The second kappa shape index (κ2) is 9.06. The smallest absolute Gasteiger partial charge is 0.254 e. The molecule has 3 heterocycles. The summed E-state index contributed by atoms with van der Waals surface area (Å²) in [5.41, 5.74) is 4.28. The van der Waals surface area contributed by atoms with Crippen molar-refractivity contribution >= 4 is 5.91 Å². The van der Waals surface area contributed by atoms with Gasteiger partial charge < -0.3 is 19.1 Å². The number of hydrogen-bond acceptors (Lipinski definition) is 6.